The second kappa shape index (κ2) is 5.25. The molecule has 0 saturated heterocycles. The van der Waals surface area contributed by atoms with Crippen LogP contribution in [0.15, 0.2) is 12.2 Å². The number of ether oxygens (including phenoxy) is 1. The van der Waals surface area contributed by atoms with E-state index in [0.717, 1.165) is 12.8 Å². The zero-order chi connectivity index (χ0) is 12.2. The smallest absolute Gasteiger partial charge is 0.253 e. The average Bonchev–Trinajstić information content (AvgIpc) is 2.46. The molecule has 1 aliphatic rings. The maximum absolute atomic E-state index is 11.2. The molecule has 1 aliphatic heterocycles. The molecule has 0 aromatic carbocycles. The van der Waals surface area contributed by atoms with E-state index in [2.05, 4.69) is 0 Å². The summed E-state index contributed by atoms with van der Waals surface area (Å²) >= 11 is 0. The van der Waals surface area contributed by atoms with E-state index in [9.17, 15) is 9.59 Å². The molecule has 0 radical (unpaired) electrons. The molecule has 0 spiro atoms. The van der Waals surface area contributed by atoms with E-state index in [4.69, 9.17) is 4.74 Å². The highest BCUT2D eigenvalue weighted by Crippen LogP contribution is 2.09. The van der Waals surface area contributed by atoms with Crippen LogP contribution < -0.4 is 0 Å². The lowest BCUT2D eigenvalue weighted by Crippen LogP contribution is -2.31. The highest BCUT2D eigenvalue weighted by atomic mass is 16.5. The van der Waals surface area contributed by atoms with Crippen molar-refractivity contribution in [3.63, 3.8) is 0 Å². The highest BCUT2D eigenvalue weighted by Gasteiger charge is 2.22. The third-order valence-corrected chi connectivity index (χ3v) is 2.21. The fourth-order valence-corrected chi connectivity index (χ4v) is 1.40. The summed E-state index contributed by atoms with van der Waals surface area (Å²) in [6.07, 6.45) is 4.27. The van der Waals surface area contributed by atoms with Gasteiger partial charge >= 0.3 is 0 Å². The van der Waals surface area contributed by atoms with E-state index in [1.165, 1.54) is 17.1 Å². The van der Waals surface area contributed by atoms with E-state index >= 15 is 0 Å². The number of amides is 2. The van der Waals surface area contributed by atoms with Gasteiger partial charge in [0, 0.05) is 25.3 Å². The Kier molecular flexibility index (Phi) is 4.24. The quantitative estimate of drug-likeness (QED) is 0.526. The van der Waals surface area contributed by atoms with E-state index in [-0.39, 0.29) is 17.4 Å². The van der Waals surface area contributed by atoms with Crippen LogP contribution in [0.3, 0.4) is 0 Å². The first-order valence-corrected chi connectivity index (χ1v) is 5.58. The number of rotatable bonds is 5. The topological polar surface area (TPSA) is 46.6 Å². The Hall–Kier alpha value is -1.16. The molecule has 0 fully saturated rings. The molecule has 0 atom stereocenters. The van der Waals surface area contributed by atoms with Crippen molar-refractivity contribution >= 4 is 11.8 Å². The van der Waals surface area contributed by atoms with Gasteiger partial charge in [-0.1, -0.05) is 0 Å². The van der Waals surface area contributed by atoms with Crippen LogP contribution >= 0.6 is 0 Å². The minimum absolute atomic E-state index is 0.124. The van der Waals surface area contributed by atoms with Gasteiger partial charge in [-0.3, -0.25) is 14.5 Å². The second-order valence-corrected chi connectivity index (χ2v) is 4.83. The van der Waals surface area contributed by atoms with Gasteiger partial charge in [0.15, 0.2) is 0 Å². The molecule has 1 rings (SSSR count). The third kappa shape index (κ3) is 4.14. The molecular weight excluding hydrogens is 206 g/mol. The Morgan fingerprint density at radius 2 is 1.69 bits per heavy atom. The van der Waals surface area contributed by atoms with Crippen LogP contribution in [0.5, 0.6) is 0 Å². The minimum atomic E-state index is -0.207. The van der Waals surface area contributed by atoms with Gasteiger partial charge in [-0.25, -0.2) is 0 Å². The van der Waals surface area contributed by atoms with Gasteiger partial charge in [0.1, 0.15) is 0 Å². The monoisotopic (exact) mass is 225 g/mol. The fraction of sp³-hybridized carbons (Fsp3) is 0.667. The van der Waals surface area contributed by atoms with Gasteiger partial charge < -0.3 is 4.74 Å². The zero-order valence-corrected chi connectivity index (χ0v) is 10.2. The SMILES string of the molecule is CC(C)(C)OCCCCN1C(=O)C=CC1=O. The molecule has 0 unspecified atom stereocenters. The lowest BCUT2D eigenvalue weighted by Gasteiger charge is -2.20. The van der Waals surface area contributed by atoms with Crippen molar-refractivity contribution in [1.29, 1.82) is 0 Å². The third-order valence-electron chi connectivity index (χ3n) is 2.21. The van der Waals surface area contributed by atoms with Gasteiger partial charge in [-0.2, -0.15) is 0 Å². The molecule has 0 aliphatic carbocycles. The van der Waals surface area contributed by atoms with Gasteiger partial charge in [0.25, 0.3) is 11.8 Å². The first-order chi connectivity index (χ1) is 7.40. The van der Waals surface area contributed by atoms with Crippen LogP contribution in [0.25, 0.3) is 0 Å². The summed E-state index contributed by atoms with van der Waals surface area (Å²) in [4.78, 5) is 23.7. The molecule has 0 aromatic rings. The van der Waals surface area contributed by atoms with Crippen molar-refractivity contribution in [2.75, 3.05) is 13.2 Å². The first kappa shape index (κ1) is 12.9. The molecule has 16 heavy (non-hydrogen) atoms. The Labute approximate surface area is 96.3 Å². The standard InChI is InChI=1S/C12H19NO3/c1-12(2,3)16-9-5-4-8-13-10(14)6-7-11(13)15/h6-7H,4-5,8-9H2,1-3H3. The summed E-state index contributed by atoms with van der Waals surface area (Å²) in [6.45, 7) is 7.16. The van der Waals surface area contributed by atoms with Crippen molar-refractivity contribution in [2.24, 2.45) is 0 Å². The van der Waals surface area contributed by atoms with Crippen LogP contribution in [-0.2, 0) is 14.3 Å². The number of nitrogens with zero attached hydrogens (tertiary/aromatic N) is 1. The number of carbonyl (C=O) groups excluding carboxylic acids is 2. The van der Waals surface area contributed by atoms with Crippen molar-refractivity contribution in [3.05, 3.63) is 12.2 Å². The van der Waals surface area contributed by atoms with Crippen molar-refractivity contribution in [3.8, 4) is 0 Å². The van der Waals surface area contributed by atoms with Crippen LogP contribution in [-0.4, -0.2) is 35.5 Å². The van der Waals surface area contributed by atoms with Crippen molar-refractivity contribution < 1.29 is 14.3 Å². The predicted octanol–water partition coefficient (Wildman–Crippen LogP) is 1.51. The highest BCUT2D eigenvalue weighted by molar-refractivity contribution is 6.12. The molecule has 0 aromatic heterocycles. The summed E-state index contributed by atoms with van der Waals surface area (Å²) < 4.78 is 5.54. The molecular formula is C12H19NO3. The van der Waals surface area contributed by atoms with E-state index < -0.39 is 0 Å². The molecule has 1 heterocycles. The number of unbranched alkanes of at least 4 members (excludes halogenated alkanes) is 1. The van der Waals surface area contributed by atoms with Crippen LogP contribution in [0.4, 0.5) is 0 Å². The van der Waals surface area contributed by atoms with E-state index in [0.29, 0.717) is 13.2 Å². The number of carbonyl (C=O) groups is 2. The minimum Gasteiger partial charge on any atom is -0.376 e. The van der Waals surface area contributed by atoms with Crippen LogP contribution in [0.2, 0.25) is 0 Å². The molecule has 0 N–H and O–H groups in total. The maximum Gasteiger partial charge on any atom is 0.253 e. The van der Waals surface area contributed by atoms with Gasteiger partial charge in [-0.05, 0) is 33.6 Å². The molecule has 4 nitrogen and oxygen atoms in total. The summed E-state index contributed by atoms with van der Waals surface area (Å²) in [7, 11) is 0. The summed E-state index contributed by atoms with van der Waals surface area (Å²) in [5.74, 6) is -0.413. The second-order valence-electron chi connectivity index (χ2n) is 4.83. The predicted molar refractivity (Wildman–Crippen MR) is 60.8 cm³/mol. The Balaban J connectivity index is 2.13. The first-order valence-electron chi connectivity index (χ1n) is 5.58. The lowest BCUT2D eigenvalue weighted by molar-refractivity contribution is -0.136. The molecule has 90 valence electrons. The summed E-state index contributed by atoms with van der Waals surface area (Å²) in [5.41, 5.74) is -0.124. The summed E-state index contributed by atoms with van der Waals surface area (Å²) in [5, 5.41) is 0. The number of hydrogen-bond donors (Lipinski definition) is 0. The maximum atomic E-state index is 11.2. The fourth-order valence-electron chi connectivity index (χ4n) is 1.40. The van der Waals surface area contributed by atoms with Gasteiger partial charge in [-0.15, -0.1) is 0 Å². The molecule has 4 heteroatoms. The van der Waals surface area contributed by atoms with Gasteiger partial charge in [0.05, 0.1) is 5.60 Å². The van der Waals surface area contributed by atoms with Crippen molar-refractivity contribution in [2.45, 2.75) is 39.2 Å². The van der Waals surface area contributed by atoms with Crippen LogP contribution in [0.1, 0.15) is 33.6 Å². The summed E-state index contributed by atoms with van der Waals surface area (Å²) in [6, 6.07) is 0. The van der Waals surface area contributed by atoms with E-state index in [1.54, 1.807) is 0 Å². The van der Waals surface area contributed by atoms with Crippen molar-refractivity contribution in [1.82, 2.24) is 4.90 Å². The Morgan fingerprint density at radius 1 is 1.12 bits per heavy atom. The zero-order valence-electron chi connectivity index (χ0n) is 10.2. The van der Waals surface area contributed by atoms with Crippen LogP contribution in [0, 0.1) is 0 Å². The lowest BCUT2D eigenvalue weighted by atomic mass is 10.2. The van der Waals surface area contributed by atoms with Gasteiger partial charge in [0.2, 0.25) is 0 Å². The van der Waals surface area contributed by atoms with E-state index in [1.807, 2.05) is 20.8 Å². The Morgan fingerprint density at radius 3 is 2.19 bits per heavy atom. The number of imide groups is 1. The average molecular weight is 225 g/mol. The molecule has 2 amide bonds. The Bertz CT molecular complexity index is 284. The number of hydrogen-bond acceptors (Lipinski definition) is 3. The molecule has 0 bridgehead atoms. The molecule has 0 saturated carbocycles. The normalized spacial score (nSPS) is 16.3. The largest absolute Gasteiger partial charge is 0.376 e.